The highest BCUT2D eigenvalue weighted by Crippen LogP contribution is 2.15. The van der Waals surface area contributed by atoms with E-state index in [2.05, 4.69) is 10.1 Å². The second-order valence-electron chi connectivity index (χ2n) is 3.55. The SMILES string of the molecule is Cn1ncc2cc(CN=C(C#N)C#N)ccc21. The highest BCUT2D eigenvalue weighted by Gasteiger charge is 2.01. The molecule has 0 bridgehead atoms. The Morgan fingerprint density at radius 2 is 2.18 bits per heavy atom. The van der Waals surface area contributed by atoms with E-state index in [1.807, 2.05) is 25.2 Å². The van der Waals surface area contributed by atoms with Gasteiger partial charge in [-0.2, -0.15) is 15.6 Å². The van der Waals surface area contributed by atoms with Crippen molar-refractivity contribution < 1.29 is 0 Å². The van der Waals surface area contributed by atoms with E-state index in [0.717, 1.165) is 16.5 Å². The van der Waals surface area contributed by atoms with Crippen molar-refractivity contribution in [2.75, 3.05) is 0 Å². The lowest BCUT2D eigenvalue weighted by Gasteiger charge is -1.98. The van der Waals surface area contributed by atoms with E-state index < -0.39 is 0 Å². The maximum atomic E-state index is 8.56. The summed E-state index contributed by atoms with van der Waals surface area (Å²) in [5.74, 6) is 0. The van der Waals surface area contributed by atoms with Gasteiger partial charge in [0.2, 0.25) is 5.71 Å². The fourth-order valence-corrected chi connectivity index (χ4v) is 1.58. The largest absolute Gasteiger partial charge is 0.268 e. The minimum absolute atomic E-state index is 0.101. The fraction of sp³-hybridized carbons (Fsp3) is 0.167. The lowest BCUT2D eigenvalue weighted by molar-refractivity contribution is 0.797. The van der Waals surface area contributed by atoms with Crippen molar-refractivity contribution in [1.82, 2.24) is 9.78 Å². The van der Waals surface area contributed by atoms with Crippen molar-refractivity contribution in [2.24, 2.45) is 12.0 Å². The van der Waals surface area contributed by atoms with Gasteiger partial charge < -0.3 is 0 Å². The van der Waals surface area contributed by atoms with E-state index in [9.17, 15) is 0 Å². The molecule has 1 aromatic heterocycles. The monoisotopic (exact) mass is 223 g/mol. The number of hydrogen-bond acceptors (Lipinski definition) is 4. The van der Waals surface area contributed by atoms with Gasteiger partial charge >= 0.3 is 0 Å². The molecule has 1 aromatic carbocycles. The molecule has 0 atom stereocenters. The first-order valence-electron chi connectivity index (χ1n) is 5.00. The van der Waals surface area contributed by atoms with Crippen molar-refractivity contribution >= 4 is 16.6 Å². The minimum Gasteiger partial charge on any atom is -0.268 e. The molecule has 5 nitrogen and oxygen atoms in total. The molecule has 1 heterocycles. The average molecular weight is 223 g/mol. The molecule has 2 aromatic rings. The Balaban J connectivity index is 2.30. The third-order valence-corrected chi connectivity index (χ3v) is 2.44. The summed E-state index contributed by atoms with van der Waals surface area (Å²) in [5.41, 5.74) is 1.89. The van der Waals surface area contributed by atoms with Crippen LogP contribution in [0.25, 0.3) is 10.9 Å². The van der Waals surface area contributed by atoms with Crippen LogP contribution in [0.1, 0.15) is 5.56 Å². The van der Waals surface area contributed by atoms with E-state index in [1.165, 1.54) is 0 Å². The summed E-state index contributed by atoms with van der Waals surface area (Å²) in [6, 6.07) is 9.29. The van der Waals surface area contributed by atoms with Gasteiger partial charge in [0.05, 0.1) is 18.3 Å². The molecule has 0 saturated carbocycles. The van der Waals surface area contributed by atoms with Gasteiger partial charge in [0.15, 0.2) is 0 Å². The Labute approximate surface area is 98.2 Å². The fourth-order valence-electron chi connectivity index (χ4n) is 1.58. The third kappa shape index (κ3) is 2.14. The molecule has 0 fully saturated rings. The summed E-state index contributed by atoms with van der Waals surface area (Å²) in [6.45, 7) is 0.335. The van der Waals surface area contributed by atoms with E-state index in [0.29, 0.717) is 6.54 Å². The molecule has 0 unspecified atom stereocenters. The van der Waals surface area contributed by atoms with E-state index >= 15 is 0 Å². The summed E-state index contributed by atoms with van der Waals surface area (Å²) >= 11 is 0. The number of nitriles is 2. The molecule has 0 N–H and O–H groups in total. The Bertz CT molecular complexity index is 650. The number of fused-ring (bicyclic) bond motifs is 1. The summed E-state index contributed by atoms with van der Waals surface area (Å²) < 4.78 is 1.79. The van der Waals surface area contributed by atoms with Crippen molar-refractivity contribution in [3.63, 3.8) is 0 Å². The number of aromatic nitrogens is 2. The van der Waals surface area contributed by atoms with E-state index in [1.54, 1.807) is 23.0 Å². The van der Waals surface area contributed by atoms with Gasteiger partial charge in [0.25, 0.3) is 0 Å². The van der Waals surface area contributed by atoms with Crippen LogP contribution in [-0.2, 0) is 13.6 Å². The zero-order valence-corrected chi connectivity index (χ0v) is 9.25. The lowest BCUT2D eigenvalue weighted by atomic mass is 10.1. The molecular weight excluding hydrogens is 214 g/mol. The highest BCUT2D eigenvalue weighted by atomic mass is 15.2. The van der Waals surface area contributed by atoms with Crippen LogP contribution in [0.2, 0.25) is 0 Å². The van der Waals surface area contributed by atoms with Crippen LogP contribution in [0.5, 0.6) is 0 Å². The molecule has 82 valence electrons. The second kappa shape index (κ2) is 4.46. The number of aryl methyl sites for hydroxylation is 1. The van der Waals surface area contributed by atoms with Gasteiger partial charge in [0.1, 0.15) is 12.1 Å². The summed E-state index contributed by atoms with van der Waals surface area (Å²) in [5, 5.41) is 22.3. The average Bonchev–Trinajstić information content (AvgIpc) is 2.72. The number of rotatable bonds is 2. The van der Waals surface area contributed by atoms with Crippen LogP contribution in [0, 0.1) is 22.7 Å². The zero-order chi connectivity index (χ0) is 12.3. The lowest BCUT2D eigenvalue weighted by Crippen LogP contribution is -1.91. The van der Waals surface area contributed by atoms with Crippen molar-refractivity contribution in [3.05, 3.63) is 30.0 Å². The van der Waals surface area contributed by atoms with E-state index in [4.69, 9.17) is 10.5 Å². The maximum Gasteiger partial charge on any atom is 0.213 e. The van der Waals surface area contributed by atoms with Crippen molar-refractivity contribution in [2.45, 2.75) is 6.54 Å². The van der Waals surface area contributed by atoms with Crippen LogP contribution in [0.3, 0.4) is 0 Å². The minimum atomic E-state index is -0.101. The topological polar surface area (TPSA) is 77.8 Å². The number of hydrogen-bond donors (Lipinski definition) is 0. The van der Waals surface area contributed by atoms with Crippen molar-refractivity contribution in [3.8, 4) is 12.1 Å². The molecule has 0 radical (unpaired) electrons. The van der Waals surface area contributed by atoms with Crippen molar-refractivity contribution in [1.29, 1.82) is 10.5 Å². The van der Waals surface area contributed by atoms with Crippen LogP contribution in [0.15, 0.2) is 29.4 Å². The van der Waals surface area contributed by atoms with Gasteiger partial charge in [0, 0.05) is 12.4 Å². The van der Waals surface area contributed by atoms with Gasteiger partial charge in [-0.1, -0.05) is 6.07 Å². The quantitative estimate of drug-likeness (QED) is 0.725. The molecule has 0 saturated heterocycles. The maximum absolute atomic E-state index is 8.56. The summed E-state index contributed by atoms with van der Waals surface area (Å²) in [4.78, 5) is 3.91. The molecule has 0 aliphatic rings. The highest BCUT2D eigenvalue weighted by molar-refractivity contribution is 6.10. The van der Waals surface area contributed by atoms with E-state index in [-0.39, 0.29) is 5.71 Å². The van der Waals surface area contributed by atoms with Gasteiger partial charge in [-0.15, -0.1) is 0 Å². The molecule has 0 spiro atoms. The second-order valence-corrected chi connectivity index (χ2v) is 3.55. The summed E-state index contributed by atoms with van der Waals surface area (Å²) in [7, 11) is 1.88. The number of benzene rings is 1. The summed E-state index contributed by atoms with van der Waals surface area (Å²) in [6.07, 6.45) is 1.78. The smallest absolute Gasteiger partial charge is 0.213 e. The van der Waals surface area contributed by atoms with Gasteiger partial charge in [-0.3, -0.25) is 9.67 Å². The Hall–Kier alpha value is -2.66. The molecule has 2 rings (SSSR count). The molecule has 0 aliphatic carbocycles. The predicted molar refractivity (Wildman–Crippen MR) is 63.1 cm³/mol. The van der Waals surface area contributed by atoms with Crippen LogP contribution >= 0.6 is 0 Å². The number of aliphatic imine (C=N–C) groups is 1. The Morgan fingerprint density at radius 1 is 1.41 bits per heavy atom. The molecule has 17 heavy (non-hydrogen) atoms. The molecular formula is C12H9N5. The zero-order valence-electron chi connectivity index (χ0n) is 9.25. The van der Waals surface area contributed by atoms with Crippen LogP contribution < -0.4 is 0 Å². The first-order valence-corrected chi connectivity index (χ1v) is 5.00. The van der Waals surface area contributed by atoms with Gasteiger partial charge in [-0.25, -0.2) is 0 Å². The number of nitrogens with zero attached hydrogens (tertiary/aromatic N) is 5. The normalized spacial score (nSPS) is 9.59. The molecule has 0 aliphatic heterocycles. The first-order chi connectivity index (χ1) is 8.24. The predicted octanol–water partition coefficient (Wildman–Crippen LogP) is 1.56. The first kappa shape index (κ1) is 10.8. The standard InChI is InChI=1S/C12H9N5/c1-17-12-3-2-9(4-10(12)8-16-17)7-15-11(5-13)6-14/h2-4,8H,7H2,1H3. The van der Waals surface area contributed by atoms with Crippen LogP contribution in [0.4, 0.5) is 0 Å². The van der Waals surface area contributed by atoms with Crippen LogP contribution in [-0.4, -0.2) is 15.5 Å². The Morgan fingerprint density at radius 3 is 2.88 bits per heavy atom. The molecule has 0 amide bonds. The molecule has 5 heteroatoms. The third-order valence-electron chi connectivity index (χ3n) is 2.44. The Kier molecular flexibility index (Phi) is 2.85. The van der Waals surface area contributed by atoms with Gasteiger partial charge in [-0.05, 0) is 17.7 Å².